The number of ether oxygens (including phenoxy) is 1. The van der Waals surface area contributed by atoms with Gasteiger partial charge in [-0.3, -0.25) is 14.3 Å². The highest BCUT2D eigenvalue weighted by atomic mass is 32.2. The molecule has 5 rings (SSSR count). The maximum atomic E-state index is 13.8. The van der Waals surface area contributed by atoms with E-state index in [0.29, 0.717) is 18.4 Å². The molecule has 1 N–H and O–H groups in total. The molecule has 1 amide bonds. The summed E-state index contributed by atoms with van der Waals surface area (Å²) in [5, 5.41) is 0. The second-order valence-corrected chi connectivity index (χ2v) is 13.5. The molecule has 1 aliphatic heterocycles. The first-order chi connectivity index (χ1) is 21.5. The van der Waals surface area contributed by atoms with E-state index in [0.717, 1.165) is 34.2 Å². The highest BCUT2D eigenvalue weighted by Crippen LogP contribution is 2.45. The van der Waals surface area contributed by atoms with E-state index in [2.05, 4.69) is 4.98 Å². The van der Waals surface area contributed by atoms with Crippen molar-refractivity contribution in [3.63, 3.8) is 0 Å². The zero-order valence-electron chi connectivity index (χ0n) is 26.2. The van der Waals surface area contributed by atoms with Crippen molar-refractivity contribution in [3.8, 4) is 5.75 Å². The monoisotopic (exact) mass is 654 g/mol. The van der Waals surface area contributed by atoms with E-state index in [1.165, 1.54) is 24.4 Å². The van der Waals surface area contributed by atoms with Crippen molar-refractivity contribution in [2.75, 3.05) is 12.0 Å². The number of alkyl halides is 3. The molecule has 1 aromatic heterocycles. The summed E-state index contributed by atoms with van der Waals surface area (Å²) in [7, 11) is -2.41. The molecule has 2 atom stereocenters. The molecule has 7 nitrogen and oxygen atoms in total. The molecule has 46 heavy (non-hydrogen) atoms. The van der Waals surface area contributed by atoms with Crippen molar-refractivity contribution >= 4 is 21.7 Å². The summed E-state index contributed by atoms with van der Waals surface area (Å²) in [5.74, 6) is 0.429. The molecule has 0 aliphatic carbocycles. The van der Waals surface area contributed by atoms with Crippen molar-refractivity contribution in [2.45, 2.75) is 63.1 Å². The van der Waals surface area contributed by atoms with Gasteiger partial charge in [0, 0.05) is 17.8 Å². The third-order valence-corrected chi connectivity index (χ3v) is 8.98. The number of halogens is 3. The van der Waals surface area contributed by atoms with Gasteiger partial charge in [0.2, 0.25) is 5.91 Å². The van der Waals surface area contributed by atoms with E-state index in [1.807, 2.05) is 81.1 Å². The number of benzene rings is 3. The molecule has 3 aromatic carbocycles. The Morgan fingerprint density at radius 3 is 2.07 bits per heavy atom. The van der Waals surface area contributed by atoms with Gasteiger partial charge in [0.15, 0.2) is 0 Å². The first-order valence-electron chi connectivity index (χ1n) is 14.6. The van der Waals surface area contributed by atoms with Crippen LogP contribution >= 0.6 is 0 Å². The molecule has 1 fully saturated rings. The third kappa shape index (κ3) is 8.32. The highest BCUT2D eigenvalue weighted by molar-refractivity contribution is 7.85. The van der Waals surface area contributed by atoms with E-state index in [9.17, 15) is 26.4 Å². The van der Waals surface area contributed by atoms with Crippen LogP contribution in [0, 0.1) is 19.8 Å². The van der Waals surface area contributed by atoms with Crippen molar-refractivity contribution < 1.29 is 35.7 Å². The topological polar surface area (TPSA) is 96.8 Å². The smallest absolute Gasteiger partial charge is 0.433 e. The van der Waals surface area contributed by atoms with Crippen LogP contribution in [0.4, 0.5) is 18.9 Å². The highest BCUT2D eigenvalue weighted by Gasteiger charge is 2.44. The Balaban J connectivity index is 0.000000369. The number of aryl methyl sites for hydroxylation is 2. The molecular weight excluding hydrogens is 617 g/mol. The number of hydrogen-bond donors (Lipinski definition) is 1. The number of nitrogens with zero attached hydrogens (tertiary/aromatic N) is 2. The largest absolute Gasteiger partial charge is 0.497 e. The van der Waals surface area contributed by atoms with E-state index in [1.54, 1.807) is 19.2 Å². The van der Waals surface area contributed by atoms with Crippen LogP contribution in [0.2, 0.25) is 0 Å². The lowest BCUT2D eigenvalue weighted by atomic mass is 9.76. The number of pyridine rings is 1. The number of amides is 1. The molecule has 4 aromatic rings. The summed E-state index contributed by atoms with van der Waals surface area (Å²) in [5.41, 5.74) is 3.07. The summed E-state index contributed by atoms with van der Waals surface area (Å²) in [6.07, 6.45) is -2.12. The van der Waals surface area contributed by atoms with Gasteiger partial charge in [0.25, 0.3) is 10.1 Å². The average molecular weight is 655 g/mol. The van der Waals surface area contributed by atoms with Gasteiger partial charge in [-0.1, -0.05) is 67.4 Å². The zero-order chi connectivity index (χ0) is 33.9. The SMILES string of the molecule is COc1cccc([C@H]2C[C@@H](CC(C)(C)c3ccc(C(F)(F)F)nc3)C(=O)N2c2ccc(C)cc2)c1.Cc1ccc(S(=O)(=O)O)cc1. The van der Waals surface area contributed by atoms with E-state index < -0.39 is 27.4 Å². The quantitative estimate of drug-likeness (QED) is 0.202. The fourth-order valence-corrected chi connectivity index (χ4v) is 6.03. The average Bonchev–Trinajstić information content (AvgIpc) is 3.32. The van der Waals surface area contributed by atoms with Gasteiger partial charge in [-0.15, -0.1) is 0 Å². The summed E-state index contributed by atoms with van der Waals surface area (Å²) in [6, 6.07) is 23.9. The number of methoxy groups -OCH3 is 1. The van der Waals surface area contributed by atoms with E-state index in [4.69, 9.17) is 9.29 Å². The van der Waals surface area contributed by atoms with Gasteiger partial charge >= 0.3 is 6.18 Å². The molecule has 0 radical (unpaired) electrons. The van der Waals surface area contributed by atoms with Crippen molar-refractivity contribution in [1.29, 1.82) is 0 Å². The van der Waals surface area contributed by atoms with Crippen LogP contribution in [0.25, 0.3) is 0 Å². The molecule has 244 valence electrons. The molecule has 0 saturated carbocycles. The van der Waals surface area contributed by atoms with Gasteiger partial charge in [0.05, 0.1) is 18.0 Å². The Hall–Kier alpha value is -4.22. The Morgan fingerprint density at radius 1 is 0.935 bits per heavy atom. The van der Waals surface area contributed by atoms with Crippen LogP contribution in [0.1, 0.15) is 60.7 Å². The van der Waals surface area contributed by atoms with Crippen molar-refractivity contribution in [3.05, 3.63) is 119 Å². The molecule has 11 heteroatoms. The number of carbonyl (C=O) groups excluding carboxylic acids is 1. The van der Waals surface area contributed by atoms with Crippen LogP contribution in [-0.2, 0) is 26.5 Å². The van der Waals surface area contributed by atoms with Gasteiger partial charge in [0.1, 0.15) is 11.4 Å². The molecule has 0 bridgehead atoms. The maximum Gasteiger partial charge on any atom is 0.433 e. The lowest BCUT2D eigenvalue weighted by Crippen LogP contribution is -2.31. The van der Waals surface area contributed by atoms with Gasteiger partial charge in [-0.05, 0) is 85.7 Å². The summed E-state index contributed by atoms with van der Waals surface area (Å²) < 4.78 is 73.8. The van der Waals surface area contributed by atoms with E-state index >= 15 is 0 Å². The molecule has 2 heterocycles. The fourth-order valence-electron chi connectivity index (χ4n) is 5.55. The summed E-state index contributed by atoms with van der Waals surface area (Å²) in [6.45, 7) is 7.73. The van der Waals surface area contributed by atoms with Gasteiger partial charge in [-0.25, -0.2) is 0 Å². The first-order valence-corrected chi connectivity index (χ1v) is 16.0. The summed E-state index contributed by atoms with van der Waals surface area (Å²) in [4.78, 5) is 19.2. The number of aromatic nitrogens is 1. The van der Waals surface area contributed by atoms with Crippen LogP contribution in [0.5, 0.6) is 5.75 Å². The summed E-state index contributed by atoms with van der Waals surface area (Å²) >= 11 is 0. The predicted molar refractivity (Wildman–Crippen MR) is 170 cm³/mol. The maximum absolute atomic E-state index is 13.8. The lowest BCUT2D eigenvalue weighted by Gasteiger charge is -2.28. The minimum atomic E-state index is -4.48. The second kappa shape index (κ2) is 13.6. The minimum absolute atomic E-state index is 0.00891. The minimum Gasteiger partial charge on any atom is -0.497 e. The lowest BCUT2D eigenvalue weighted by molar-refractivity contribution is -0.141. The molecule has 1 aliphatic rings. The number of anilines is 1. The fraction of sp³-hybridized carbons (Fsp3) is 0.314. The Morgan fingerprint density at radius 2 is 1.54 bits per heavy atom. The number of hydrogen-bond acceptors (Lipinski definition) is 5. The standard InChI is InChI=1S/C28H29F3N2O2.C7H8O3S/c1-18-8-11-22(12-9-18)33-24(19-6-5-7-23(14-19)35-4)15-20(26(33)34)16-27(2,3)21-10-13-25(32-17-21)28(29,30)31;1-6-2-4-7(5-3-6)11(8,9)10/h5-14,17,20,24H,15-16H2,1-4H3;2-5H,1H3,(H,8,9,10)/t20-,24+;/m0./s1. The normalized spacial score (nSPS) is 17.0. The van der Waals surface area contributed by atoms with Crippen LogP contribution in [0.15, 0.2) is 96.0 Å². The molecular formula is C35H37F3N2O5S. The van der Waals surface area contributed by atoms with E-state index in [-0.39, 0.29) is 22.8 Å². The molecule has 0 spiro atoms. The molecule has 1 saturated heterocycles. The van der Waals surface area contributed by atoms with Crippen LogP contribution in [-0.4, -0.2) is 31.0 Å². The zero-order valence-corrected chi connectivity index (χ0v) is 27.1. The molecule has 0 unspecified atom stereocenters. The Bertz CT molecular complexity index is 1760. The van der Waals surface area contributed by atoms with Gasteiger partial charge in [-0.2, -0.15) is 21.6 Å². The third-order valence-electron chi connectivity index (χ3n) is 8.11. The first kappa shape index (κ1) is 34.6. The number of rotatable bonds is 7. The van der Waals surface area contributed by atoms with Crippen LogP contribution < -0.4 is 9.64 Å². The van der Waals surface area contributed by atoms with Crippen molar-refractivity contribution in [1.82, 2.24) is 4.98 Å². The Kier molecular flexibility index (Phi) is 10.3. The van der Waals surface area contributed by atoms with Gasteiger partial charge < -0.3 is 9.64 Å². The van der Waals surface area contributed by atoms with Crippen LogP contribution in [0.3, 0.4) is 0 Å². The predicted octanol–water partition coefficient (Wildman–Crippen LogP) is 8.12. The Labute approximate surface area is 267 Å². The number of carbonyl (C=O) groups is 1. The van der Waals surface area contributed by atoms with Crippen molar-refractivity contribution in [2.24, 2.45) is 5.92 Å². The second-order valence-electron chi connectivity index (χ2n) is 12.1.